The molecule has 2 rings (SSSR count). The van der Waals surface area contributed by atoms with Gasteiger partial charge < -0.3 is 5.73 Å². The van der Waals surface area contributed by atoms with Gasteiger partial charge in [0.1, 0.15) is 0 Å². The molecule has 1 aromatic carbocycles. The third-order valence-corrected chi connectivity index (χ3v) is 6.78. The molecule has 4 nitrogen and oxygen atoms in total. The first-order valence-electron chi connectivity index (χ1n) is 6.97. The Morgan fingerprint density at radius 2 is 2.25 bits per heavy atom. The minimum atomic E-state index is -3.10. The molecule has 1 fully saturated rings. The van der Waals surface area contributed by atoms with Crippen LogP contribution in [0.1, 0.15) is 19.8 Å². The van der Waals surface area contributed by atoms with Crippen molar-refractivity contribution >= 4 is 27.5 Å². The van der Waals surface area contributed by atoms with Crippen LogP contribution in [-0.2, 0) is 10.0 Å². The van der Waals surface area contributed by atoms with Gasteiger partial charge in [0, 0.05) is 29.4 Å². The molecule has 1 atom stereocenters. The Balaban J connectivity index is 1.84. The summed E-state index contributed by atoms with van der Waals surface area (Å²) in [7, 11) is -3.10. The number of nitrogen functional groups attached to an aromatic ring is 1. The predicted octanol–water partition coefficient (Wildman–Crippen LogP) is 2.42. The van der Waals surface area contributed by atoms with E-state index < -0.39 is 10.0 Å². The van der Waals surface area contributed by atoms with Gasteiger partial charge in [-0.25, -0.2) is 12.7 Å². The summed E-state index contributed by atoms with van der Waals surface area (Å²) in [6.45, 7) is 3.50. The maximum absolute atomic E-state index is 12.2. The second-order valence-corrected chi connectivity index (χ2v) is 8.41. The summed E-state index contributed by atoms with van der Waals surface area (Å²) in [4.78, 5) is 1.02. The number of hydrogen-bond donors (Lipinski definition) is 1. The van der Waals surface area contributed by atoms with E-state index in [2.05, 4.69) is 6.92 Å². The van der Waals surface area contributed by atoms with Gasteiger partial charge in [0.05, 0.1) is 5.75 Å². The van der Waals surface area contributed by atoms with Crippen LogP contribution in [0.2, 0.25) is 0 Å². The number of benzene rings is 1. The number of nitrogens with zero attached hydrogens (tertiary/aromatic N) is 1. The molecule has 0 saturated carbocycles. The van der Waals surface area contributed by atoms with Crippen molar-refractivity contribution in [1.29, 1.82) is 0 Å². The first-order chi connectivity index (χ1) is 9.51. The summed E-state index contributed by atoms with van der Waals surface area (Å²) >= 11 is 1.54. The topological polar surface area (TPSA) is 63.4 Å². The second kappa shape index (κ2) is 6.83. The number of sulfonamides is 1. The Morgan fingerprint density at radius 3 is 2.90 bits per heavy atom. The largest absolute Gasteiger partial charge is 0.399 e. The van der Waals surface area contributed by atoms with Crippen LogP contribution in [0.15, 0.2) is 29.2 Å². The summed E-state index contributed by atoms with van der Waals surface area (Å²) in [5.74, 6) is 1.30. The molecule has 1 aliphatic rings. The monoisotopic (exact) mass is 314 g/mol. The maximum atomic E-state index is 12.2. The van der Waals surface area contributed by atoms with Crippen LogP contribution in [-0.4, -0.2) is 37.3 Å². The van der Waals surface area contributed by atoms with Crippen LogP contribution < -0.4 is 5.73 Å². The van der Waals surface area contributed by atoms with Gasteiger partial charge in [0.15, 0.2) is 0 Å². The van der Waals surface area contributed by atoms with E-state index in [4.69, 9.17) is 5.73 Å². The Bertz CT molecular complexity index is 546. The maximum Gasteiger partial charge on any atom is 0.214 e. The molecule has 20 heavy (non-hydrogen) atoms. The highest BCUT2D eigenvalue weighted by molar-refractivity contribution is 8.00. The van der Waals surface area contributed by atoms with E-state index in [0.717, 1.165) is 17.7 Å². The number of nitrogens with two attached hydrogens (primary N) is 1. The van der Waals surface area contributed by atoms with E-state index in [1.54, 1.807) is 16.1 Å². The van der Waals surface area contributed by atoms with Gasteiger partial charge >= 0.3 is 0 Å². The van der Waals surface area contributed by atoms with Crippen molar-refractivity contribution in [3.63, 3.8) is 0 Å². The van der Waals surface area contributed by atoms with Crippen LogP contribution in [0.4, 0.5) is 5.69 Å². The molecule has 0 bridgehead atoms. The summed E-state index contributed by atoms with van der Waals surface area (Å²) in [6.07, 6.45) is 2.06. The van der Waals surface area contributed by atoms with Crippen LogP contribution in [0.25, 0.3) is 0 Å². The minimum Gasteiger partial charge on any atom is -0.399 e. The number of hydrogen-bond acceptors (Lipinski definition) is 4. The minimum absolute atomic E-state index is 0.197. The van der Waals surface area contributed by atoms with E-state index in [0.29, 0.717) is 30.4 Å². The van der Waals surface area contributed by atoms with Crippen LogP contribution >= 0.6 is 11.8 Å². The molecule has 0 spiro atoms. The van der Waals surface area contributed by atoms with Crippen molar-refractivity contribution in [2.75, 3.05) is 30.3 Å². The fourth-order valence-corrected chi connectivity index (χ4v) is 5.27. The van der Waals surface area contributed by atoms with E-state index in [9.17, 15) is 8.42 Å². The van der Waals surface area contributed by atoms with Crippen molar-refractivity contribution in [3.8, 4) is 0 Å². The molecule has 2 N–H and O–H groups in total. The van der Waals surface area contributed by atoms with Crippen LogP contribution in [0.3, 0.4) is 0 Å². The van der Waals surface area contributed by atoms with Gasteiger partial charge in [-0.05, 0) is 30.5 Å². The zero-order valence-corrected chi connectivity index (χ0v) is 13.4. The summed E-state index contributed by atoms with van der Waals surface area (Å²) in [5, 5.41) is 0. The lowest BCUT2D eigenvalue weighted by Crippen LogP contribution is -2.31. The molecule has 6 heteroatoms. The van der Waals surface area contributed by atoms with Crippen LogP contribution in [0, 0.1) is 5.92 Å². The van der Waals surface area contributed by atoms with Gasteiger partial charge in [0.2, 0.25) is 10.0 Å². The molecule has 0 amide bonds. The molecule has 1 aliphatic heterocycles. The molecule has 1 unspecified atom stereocenters. The third-order valence-electron chi connectivity index (χ3n) is 3.69. The molecule has 0 radical (unpaired) electrons. The third kappa shape index (κ3) is 4.14. The molecule has 0 aliphatic carbocycles. The van der Waals surface area contributed by atoms with Gasteiger partial charge in [0.25, 0.3) is 0 Å². The van der Waals surface area contributed by atoms with E-state index in [1.165, 1.54) is 0 Å². The average molecular weight is 314 g/mol. The van der Waals surface area contributed by atoms with Crippen molar-refractivity contribution in [3.05, 3.63) is 24.3 Å². The van der Waals surface area contributed by atoms with Gasteiger partial charge in [-0.1, -0.05) is 19.4 Å². The lowest BCUT2D eigenvalue weighted by molar-refractivity contribution is 0.454. The summed E-state index contributed by atoms with van der Waals surface area (Å²) in [6, 6.07) is 7.55. The highest BCUT2D eigenvalue weighted by Crippen LogP contribution is 2.24. The molecule has 0 aromatic heterocycles. The molecule has 1 heterocycles. The van der Waals surface area contributed by atoms with E-state index in [-0.39, 0.29) is 5.75 Å². The Labute approximate surface area is 125 Å². The summed E-state index contributed by atoms with van der Waals surface area (Å²) < 4.78 is 26.1. The first-order valence-corrected chi connectivity index (χ1v) is 9.57. The molecular weight excluding hydrogens is 292 g/mol. The zero-order chi connectivity index (χ0) is 14.6. The van der Waals surface area contributed by atoms with E-state index in [1.807, 2.05) is 24.3 Å². The lowest BCUT2D eigenvalue weighted by atomic mass is 10.1. The Hall–Kier alpha value is -0.720. The Morgan fingerprint density at radius 1 is 1.45 bits per heavy atom. The van der Waals surface area contributed by atoms with Gasteiger partial charge in [-0.2, -0.15) is 0 Å². The predicted molar refractivity (Wildman–Crippen MR) is 85.3 cm³/mol. The van der Waals surface area contributed by atoms with Crippen molar-refractivity contribution in [2.45, 2.75) is 24.7 Å². The fourth-order valence-electron chi connectivity index (χ4n) is 2.38. The zero-order valence-electron chi connectivity index (χ0n) is 11.8. The van der Waals surface area contributed by atoms with Gasteiger partial charge in [-0.3, -0.25) is 0 Å². The molecule has 1 saturated heterocycles. The average Bonchev–Trinajstić information content (AvgIpc) is 2.88. The van der Waals surface area contributed by atoms with Crippen molar-refractivity contribution < 1.29 is 8.42 Å². The number of rotatable bonds is 6. The Kier molecular flexibility index (Phi) is 5.35. The summed E-state index contributed by atoms with van der Waals surface area (Å²) in [5.41, 5.74) is 6.42. The quantitative estimate of drug-likeness (QED) is 0.647. The molecule has 1 aromatic rings. The lowest BCUT2D eigenvalue weighted by Gasteiger charge is -2.16. The van der Waals surface area contributed by atoms with Crippen LogP contribution in [0.5, 0.6) is 0 Å². The van der Waals surface area contributed by atoms with Gasteiger partial charge in [-0.15, -0.1) is 11.8 Å². The fraction of sp³-hybridized carbons (Fsp3) is 0.571. The first kappa shape index (κ1) is 15.7. The molecular formula is C14H22N2O2S2. The normalized spacial score (nSPS) is 20.4. The second-order valence-electron chi connectivity index (χ2n) is 5.16. The number of anilines is 1. The van der Waals surface area contributed by atoms with Crippen molar-refractivity contribution in [1.82, 2.24) is 4.31 Å². The highest BCUT2D eigenvalue weighted by atomic mass is 32.2. The number of thioether (sulfide) groups is 1. The highest BCUT2D eigenvalue weighted by Gasteiger charge is 2.29. The van der Waals surface area contributed by atoms with E-state index >= 15 is 0 Å². The standard InChI is InChI=1S/C14H22N2O2S2/c1-2-12-6-7-16(11-12)20(17,18)9-8-19-14-5-3-4-13(15)10-14/h3-5,10,12H,2,6-9,11,15H2,1H3. The smallest absolute Gasteiger partial charge is 0.214 e. The van der Waals surface area contributed by atoms with Crippen molar-refractivity contribution in [2.24, 2.45) is 5.92 Å². The molecule has 112 valence electrons. The SMILES string of the molecule is CCC1CCN(S(=O)(=O)CCSc2cccc(N)c2)C1.